The van der Waals surface area contributed by atoms with Crippen molar-refractivity contribution in [3.8, 4) is 5.69 Å². The van der Waals surface area contributed by atoms with E-state index in [0.717, 1.165) is 11.3 Å². The van der Waals surface area contributed by atoms with Gasteiger partial charge in [-0.3, -0.25) is 4.79 Å². The Bertz CT molecular complexity index is 859. The molecule has 0 aliphatic rings. The lowest BCUT2D eigenvalue weighted by molar-refractivity contribution is 0.0784. The van der Waals surface area contributed by atoms with Gasteiger partial charge in [0.15, 0.2) is 0 Å². The molecule has 122 valence electrons. The van der Waals surface area contributed by atoms with Crippen LogP contribution in [0.1, 0.15) is 21.5 Å². The van der Waals surface area contributed by atoms with Crippen LogP contribution >= 0.6 is 0 Å². The van der Waals surface area contributed by atoms with E-state index in [0.29, 0.717) is 17.7 Å². The van der Waals surface area contributed by atoms with E-state index in [9.17, 15) is 9.18 Å². The molecule has 0 N–H and O–H groups in total. The van der Waals surface area contributed by atoms with Gasteiger partial charge < -0.3 is 4.90 Å². The Morgan fingerprint density at radius 1 is 1.21 bits per heavy atom. The zero-order chi connectivity index (χ0) is 17.1. The van der Waals surface area contributed by atoms with Crippen LogP contribution in [0.25, 0.3) is 5.69 Å². The van der Waals surface area contributed by atoms with Gasteiger partial charge in [-0.25, -0.2) is 9.07 Å². The first-order chi connectivity index (χ1) is 11.5. The number of benzene rings is 2. The Morgan fingerprint density at radius 2 is 2.04 bits per heavy atom. The highest BCUT2D eigenvalue weighted by molar-refractivity contribution is 5.94. The molecular weight excluding hydrogens is 305 g/mol. The second-order valence-corrected chi connectivity index (χ2v) is 5.75. The minimum absolute atomic E-state index is 0.210. The Kier molecular flexibility index (Phi) is 4.42. The second kappa shape index (κ2) is 6.66. The molecule has 24 heavy (non-hydrogen) atoms. The van der Waals surface area contributed by atoms with Crippen molar-refractivity contribution in [2.45, 2.75) is 13.5 Å². The molecule has 0 bridgehead atoms. The first kappa shape index (κ1) is 15.9. The Hall–Kier alpha value is -2.95. The van der Waals surface area contributed by atoms with Crippen LogP contribution in [-0.4, -0.2) is 27.6 Å². The summed E-state index contributed by atoms with van der Waals surface area (Å²) in [5, 5.41) is 4.20. The zero-order valence-corrected chi connectivity index (χ0v) is 13.6. The van der Waals surface area contributed by atoms with Crippen molar-refractivity contribution in [2.24, 2.45) is 0 Å². The lowest BCUT2D eigenvalue weighted by Crippen LogP contribution is -2.26. The minimum atomic E-state index is -0.366. The average Bonchev–Trinajstić information content (AvgIpc) is 3.11. The summed E-state index contributed by atoms with van der Waals surface area (Å²) in [6.45, 7) is 2.11. The van der Waals surface area contributed by atoms with Crippen LogP contribution in [0.3, 0.4) is 0 Å². The van der Waals surface area contributed by atoms with Gasteiger partial charge in [0.2, 0.25) is 0 Å². The van der Waals surface area contributed by atoms with Crippen molar-refractivity contribution in [2.75, 3.05) is 7.05 Å². The molecular formula is C19H18FN3O. The molecule has 0 aliphatic carbocycles. The largest absolute Gasteiger partial charge is 0.337 e. The zero-order valence-electron chi connectivity index (χ0n) is 13.6. The van der Waals surface area contributed by atoms with Gasteiger partial charge in [0.05, 0.1) is 5.69 Å². The topological polar surface area (TPSA) is 38.1 Å². The molecule has 0 spiro atoms. The summed E-state index contributed by atoms with van der Waals surface area (Å²) in [6.07, 6.45) is 3.58. The molecule has 0 fully saturated rings. The van der Waals surface area contributed by atoms with E-state index >= 15 is 0 Å². The quantitative estimate of drug-likeness (QED) is 0.736. The molecule has 0 saturated carbocycles. The van der Waals surface area contributed by atoms with E-state index < -0.39 is 0 Å². The van der Waals surface area contributed by atoms with Crippen LogP contribution in [0.15, 0.2) is 60.9 Å². The summed E-state index contributed by atoms with van der Waals surface area (Å²) in [4.78, 5) is 14.0. The molecule has 1 heterocycles. The number of hydrogen-bond donors (Lipinski definition) is 0. The van der Waals surface area contributed by atoms with Gasteiger partial charge in [-0.2, -0.15) is 5.10 Å². The van der Waals surface area contributed by atoms with Crippen LogP contribution in [0.4, 0.5) is 4.39 Å². The third-order valence-corrected chi connectivity index (χ3v) is 3.86. The average molecular weight is 323 g/mol. The normalized spacial score (nSPS) is 10.6. The fraction of sp³-hybridized carbons (Fsp3) is 0.158. The van der Waals surface area contributed by atoms with Crippen LogP contribution < -0.4 is 0 Å². The predicted octanol–water partition coefficient (Wildman–Crippen LogP) is 3.59. The third kappa shape index (κ3) is 3.35. The van der Waals surface area contributed by atoms with E-state index in [1.165, 1.54) is 6.07 Å². The van der Waals surface area contributed by atoms with Crippen LogP contribution in [0.2, 0.25) is 0 Å². The summed E-state index contributed by atoms with van der Waals surface area (Å²) >= 11 is 0. The highest BCUT2D eigenvalue weighted by Gasteiger charge is 2.14. The Balaban J connectivity index is 1.77. The highest BCUT2D eigenvalue weighted by Crippen LogP contribution is 2.15. The first-order valence-electron chi connectivity index (χ1n) is 7.65. The summed E-state index contributed by atoms with van der Waals surface area (Å²) in [5.41, 5.74) is 2.79. The Labute approximate surface area is 140 Å². The van der Waals surface area contributed by atoms with Gasteiger partial charge in [0, 0.05) is 31.5 Å². The van der Waals surface area contributed by atoms with Crippen molar-refractivity contribution in [3.63, 3.8) is 0 Å². The minimum Gasteiger partial charge on any atom is -0.337 e. The molecule has 0 unspecified atom stereocenters. The van der Waals surface area contributed by atoms with E-state index in [1.54, 1.807) is 41.9 Å². The summed E-state index contributed by atoms with van der Waals surface area (Å²) in [7, 11) is 1.71. The van der Waals surface area contributed by atoms with E-state index in [1.807, 2.05) is 36.5 Å². The summed E-state index contributed by atoms with van der Waals surface area (Å²) < 4.78 is 15.4. The highest BCUT2D eigenvalue weighted by atomic mass is 19.1. The monoisotopic (exact) mass is 323 g/mol. The van der Waals surface area contributed by atoms with E-state index in [4.69, 9.17) is 0 Å². The van der Waals surface area contributed by atoms with Gasteiger partial charge in [-0.15, -0.1) is 0 Å². The van der Waals surface area contributed by atoms with Gasteiger partial charge in [-0.05, 0) is 48.4 Å². The number of rotatable bonds is 4. The first-order valence-corrected chi connectivity index (χ1v) is 7.65. The van der Waals surface area contributed by atoms with Crippen LogP contribution in [-0.2, 0) is 6.54 Å². The van der Waals surface area contributed by atoms with Gasteiger partial charge >= 0.3 is 0 Å². The molecule has 3 rings (SSSR count). The predicted molar refractivity (Wildman–Crippen MR) is 90.5 cm³/mol. The number of aryl methyl sites for hydroxylation is 1. The van der Waals surface area contributed by atoms with Crippen LogP contribution in [0, 0.1) is 12.7 Å². The smallest absolute Gasteiger partial charge is 0.253 e. The number of hydrogen-bond acceptors (Lipinski definition) is 2. The number of halogens is 1. The summed E-state index contributed by atoms with van der Waals surface area (Å²) in [5.74, 6) is -0.576. The van der Waals surface area contributed by atoms with Crippen molar-refractivity contribution in [3.05, 3.63) is 83.4 Å². The summed E-state index contributed by atoms with van der Waals surface area (Å²) in [6, 6.07) is 14.2. The van der Waals surface area contributed by atoms with Crippen LogP contribution in [0.5, 0.6) is 0 Å². The third-order valence-electron chi connectivity index (χ3n) is 3.86. The van der Waals surface area contributed by atoms with Gasteiger partial charge in [-0.1, -0.05) is 18.2 Å². The maximum atomic E-state index is 13.7. The molecule has 2 aromatic carbocycles. The van der Waals surface area contributed by atoms with Crippen molar-refractivity contribution < 1.29 is 9.18 Å². The Morgan fingerprint density at radius 3 is 2.75 bits per heavy atom. The van der Waals surface area contributed by atoms with E-state index in [-0.39, 0.29) is 11.7 Å². The maximum absolute atomic E-state index is 13.7. The molecule has 1 aromatic heterocycles. The molecule has 0 aliphatic heterocycles. The van der Waals surface area contributed by atoms with Crippen molar-refractivity contribution in [1.82, 2.24) is 14.7 Å². The lowest BCUT2D eigenvalue weighted by Gasteiger charge is -2.18. The molecule has 5 heteroatoms. The maximum Gasteiger partial charge on any atom is 0.253 e. The fourth-order valence-electron chi connectivity index (χ4n) is 2.51. The molecule has 0 saturated heterocycles. The molecule has 0 atom stereocenters. The molecule has 0 radical (unpaired) electrons. The van der Waals surface area contributed by atoms with Crippen molar-refractivity contribution >= 4 is 5.91 Å². The number of aromatic nitrogens is 2. The van der Waals surface area contributed by atoms with E-state index in [2.05, 4.69) is 5.10 Å². The SMILES string of the molecule is Cc1ccc(C(=O)N(C)Cc2cccc(-n3cccn3)c2)cc1F. The molecule has 1 amide bonds. The fourth-order valence-corrected chi connectivity index (χ4v) is 2.51. The van der Waals surface area contributed by atoms with Gasteiger partial charge in [0.1, 0.15) is 5.82 Å². The number of amides is 1. The van der Waals surface area contributed by atoms with Gasteiger partial charge in [0.25, 0.3) is 5.91 Å². The number of nitrogens with zero attached hydrogens (tertiary/aromatic N) is 3. The number of carbonyl (C=O) groups excluding carboxylic acids is 1. The lowest BCUT2D eigenvalue weighted by atomic mass is 10.1. The molecule has 3 aromatic rings. The van der Waals surface area contributed by atoms with Crippen molar-refractivity contribution in [1.29, 1.82) is 0 Å². The second-order valence-electron chi connectivity index (χ2n) is 5.75. The standard InChI is InChI=1S/C19H18FN3O/c1-14-7-8-16(12-18(14)20)19(24)22(2)13-15-5-3-6-17(11-15)23-10-4-9-21-23/h3-12H,13H2,1-2H3. The number of carbonyl (C=O) groups is 1. The molecule has 4 nitrogen and oxygen atoms in total.